The predicted molar refractivity (Wildman–Crippen MR) is 92.3 cm³/mol. The van der Waals surface area contributed by atoms with E-state index in [1.165, 1.54) is 4.90 Å². The monoisotopic (exact) mass is 310 g/mol. The first kappa shape index (κ1) is 16.8. The number of hydrogen-bond donors (Lipinski definition) is 1. The molecule has 1 amide bonds. The Labute approximate surface area is 137 Å². The Kier molecular flexibility index (Phi) is 5.22. The third-order valence-electron chi connectivity index (χ3n) is 2.99. The van der Waals surface area contributed by atoms with Crippen LogP contribution in [0.2, 0.25) is 0 Å². The van der Waals surface area contributed by atoms with Crippen molar-refractivity contribution in [3.05, 3.63) is 77.9 Å². The molecule has 0 spiro atoms. The Bertz CT molecular complexity index is 679. The summed E-state index contributed by atoms with van der Waals surface area (Å²) in [4.78, 5) is 14.2. The maximum atomic E-state index is 12.7. The lowest BCUT2D eigenvalue weighted by Crippen LogP contribution is -2.35. The molecule has 2 aliphatic carbocycles. The lowest BCUT2D eigenvalue weighted by molar-refractivity contribution is 0.0376. The minimum Gasteiger partial charge on any atom is -0.443 e. The lowest BCUT2D eigenvalue weighted by Gasteiger charge is -2.28. The molecule has 120 valence electrons. The van der Waals surface area contributed by atoms with Crippen molar-refractivity contribution in [1.29, 1.82) is 0 Å². The van der Waals surface area contributed by atoms with Crippen LogP contribution in [0.15, 0.2) is 77.9 Å². The summed E-state index contributed by atoms with van der Waals surface area (Å²) >= 11 is 0. The van der Waals surface area contributed by atoms with Crippen LogP contribution in [0.25, 0.3) is 0 Å². The number of rotatable bonds is 2. The van der Waals surface area contributed by atoms with Crippen molar-refractivity contribution in [3.8, 4) is 0 Å². The van der Waals surface area contributed by atoms with Crippen molar-refractivity contribution >= 4 is 6.09 Å². The second-order valence-corrected chi connectivity index (χ2v) is 6.18. The molecule has 4 heteroatoms. The molecule has 0 aromatic rings. The number of carbonyl (C=O) groups is 1. The summed E-state index contributed by atoms with van der Waals surface area (Å²) < 4.78 is 5.55. The van der Waals surface area contributed by atoms with Gasteiger partial charge in [0.1, 0.15) is 5.60 Å². The summed E-state index contributed by atoms with van der Waals surface area (Å²) in [5.74, 6) is 0. The third-order valence-corrected chi connectivity index (χ3v) is 2.99. The van der Waals surface area contributed by atoms with Crippen molar-refractivity contribution in [2.24, 2.45) is 5.73 Å². The number of ether oxygens (including phenoxy) is 1. The minimum atomic E-state index is -0.584. The second kappa shape index (κ2) is 7.14. The van der Waals surface area contributed by atoms with Crippen molar-refractivity contribution in [1.82, 2.24) is 4.90 Å². The Morgan fingerprint density at radius 3 is 2.61 bits per heavy atom. The average molecular weight is 310 g/mol. The molecule has 2 rings (SSSR count). The van der Waals surface area contributed by atoms with E-state index in [4.69, 9.17) is 10.5 Å². The van der Waals surface area contributed by atoms with Gasteiger partial charge in [0.15, 0.2) is 0 Å². The zero-order valence-corrected chi connectivity index (χ0v) is 13.7. The number of hydrogen-bond acceptors (Lipinski definition) is 3. The van der Waals surface area contributed by atoms with E-state index in [9.17, 15) is 4.79 Å². The lowest BCUT2D eigenvalue weighted by atomic mass is 10.2. The molecule has 0 saturated carbocycles. The highest BCUT2D eigenvalue weighted by Crippen LogP contribution is 2.22. The quantitative estimate of drug-likeness (QED) is 0.791. The van der Waals surface area contributed by atoms with E-state index in [1.807, 2.05) is 69.4 Å². The number of amides is 1. The minimum absolute atomic E-state index is 0.176. The average Bonchev–Trinajstić information content (AvgIpc) is 2.81. The molecule has 0 heterocycles. The fraction of sp³-hybridized carbons (Fsp3) is 0.263. The molecular formula is C19H22N2O2. The van der Waals surface area contributed by atoms with Crippen LogP contribution < -0.4 is 5.73 Å². The maximum absolute atomic E-state index is 12.7. The Morgan fingerprint density at radius 1 is 1.13 bits per heavy atom. The molecule has 23 heavy (non-hydrogen) atoms. The fourth-order valence-electron chi connectivity index (χ4n) is 2.02. The van der Waals surface area contributed by atoms with Gasteiger partial charge in [-0.1, -0.05) is 24.3 Å². The summed E-state index contributed by atoms with van der Waals surface area (Å²) in [7, 11) is 0. The first-order valence-electron chi connectivity index (χ1n) is 7.52. The van der Waals surface area contributed by atoms with Gasteiger partial charge in [0, 0.05) is 6.04 Å². The molecule has 0 aromatic heterocycles. The van der Waals surface area contributed by atoms with Crippen LogP contribution in [0.3, 0.4) is 0 Å². The number of allylic oxidation sites excluding steroid dienone is 7. The SMILES string of the molecule is CC(C)(C)OC(=O)N(C1=CC=C=CC=C1)C1=CC=CC(N)C=C1. The Balaban J connectivity index is 2.40. The van der Waals surface area contributed by atoms with Crippen molar-refractivity contribution in [3.63, 3.8) is 0 Å². The normalized spacial score (nSPS) is 19.7. The van der Waals surface area contributed by atoms with E-state index in [1.54, 1.807) is 12.2 Å². The zero-order valence-electron chi connectivity index (χ0n) is 13.7. The van der Waals surface area contributed by atoms with Gasteiger partial charge in [0.25, 0.3) is 0 Å². The van der Waals surface area contributed by atoms with Crippen LogP contribution in [0.5, 0.6) is 0 Å². The standard InChI is InChI=1S/C19H22N2O2/c1-19(2,3)23-18(22)21(16-10-6-4-5-7-11-16)17-12-8-9-15(20)13-14-17/h4,6-15H,20H2,1-3H3. The van der Waals surface area contributed by atoms with Gasteiger partial charge < -0.3 is 10.5 Å². The summed E-state index contributed by atoms with van der Waals surface area (Å²) in [6, 6.07) is -0.176. The van der Waals surface area contributed by atoms with Crippen molar-refractivity contribution in [2.45, 2.75) is 32.4 Å². The Morgan fingerprint density at radius 2 is 1.87 bits per heavy atom. The highest BCUT2D eigenvalue weighted by Gasteiger charge is 2.26. The van der Waals surface area contributed by atoms with Gasteiger partial charge in [-0.2, -0.15) is 0 Å². The summed E-state index contributed by atoms with van der Waals surface area (Å²) in [6.07, 6.45) is 17.8. The molecule has 0 saturated heterocycles. The van der Waals surface area contributed by atoms with E-state index < -0.39 is 11.7 Å². The van der Waals surface area contributed by atoms with E-state index in [0.29, 0.717) is 11.4 Å². The predicted octanol–water partition coefficient (Wildman–Crippen LogP) is 3.73. The van der Waals surface area contributed by atoms with Gasteiger partial charge in [-0.25, -0.2) is 9.69 Å². The van der Waals surface area contributed by atoms with E-state index in [-0.39, 0.29) is 6.04 Å². The van der Waals surface area contributed by atoms with E-state index >= 15 is 0 Å². The zero-order chi connectivity index (χ0) is 16.9. The van der Waals surface area contributed by atoms with Crippen LogP contribution in [-0.2, 0) is 4.74 Å². The molecule has 1 unspecified atom stereocenters. The molecule has 0 aromatic carbocycles. The van der Waals surface area contributed by atoms with Gasteiger partial charge in [-0.3, -0.25) is 0 Å². The molecular weight excluding hydrogens is 288 g/mol. The molecule has 0 fully saturated rings. The van der Waals surface area contributed by atoms with E-state index in [2.05, 4.69) is 5.73 Å². The van der Waals surface area contributed by atoms with Gasteiger partial charge in [-0.05, 0) is 57.2 Å². The highest BCUT2D eigenvalue weighted by molar-refractivity contribution is 5.75. The van der Waals surface area contributed by atoms with Crippen LogP contribution in [0, 0.1) is 0 Å². The molecule has 2 aliphatic rings. The van der Waals surface area contributed by atoms with Crippen LogP contribution in [0.4, 0.5) is 4.79 Å². The van der Waals surface area contributed by atoms with Gasteiger partial charge in [0.05, 0.1) is 11.4 Å². The van der Waals surface area contributed by atoms with Crippen molar-refractivity contribution < 1.29 is 9.53 Å². The molecule has 2 N–H and O–H groups in total. The van der Waals surface area contributed by atoms with Crippen molar-refractivity contribution in [2.75, 3.05) is 0 Å². The maximum Gasteiger partial charge on any atom is 0.419 e. The largest absolute Gasteiger partial charge is 0.443 e. The van der Waals surface area contributed by atoms with Gasteiger partial charge >= 0.3 is 6.09 Å². The number of nitrogens with two attached hydrogens (primary N) is 1. The van der Waals surface area contributed by atoms with Crippen LogP contribution in [-0.4, -0.2) is 22.6 Å². The molecule has 0 bridgehead atoms. The summed E-state index contributed by atoms with van der Waals surface area (Å²) in [5.41, 5.74) is 9.67. The first-order valence-corrected chi connectivity index (χ1v) is 7.52. The summed E-state index contributed by atoms with van der Waals surface area (Å²) in [6.45, 7) is 5.53. The summed E-state index contributed by atoms with van der Waals surface area (Å²) in [5, 5.41) is 0. The number of nitrogens with zero attached hydrogens (tertiary/aromatic N) is 1. The van der Waals surface area contributed by atoms with Crippen LogP contribution >= 0.6 is 0 Å². The highest BCUT2D eigenvalue weighted by atomic mass is 16.6. The molecule has 0 aliphatic heterocycles. The number of carbonyl (C=O) groups excluding carboxylic acids is 1. The second-order valence-electron chi connectivity index (χ2n) is 6.18. The topological polar surface area (TPSA) is 55.6 Å². The molecule has 0 radical (unpaired) electrons. The van der Waals surface area contributed by atoms with Gasteiger partial charge in [-0.15, -0.1) is 5.73 Å². The third kappa shape index (κ3) is 4.99. The van der Waals surface area contributed by atoms with Gasteiger partial charge in [0.2, 0.25) is 0 Å². The smallest absolute Gasteiger partial charge is 0.419 e. The first-order chi connectivity index (χ1) is 10.9. The molecule has 4 nitrogen and oxygen atoms in total. The van der Waals surface area contributed by atoms with E-state index in [0.717, 1.165) is 0 Å². The fourth-order valence-corrected chi connectivity index (χ4v) is 2.02. The molecule has 1 atom stereocenters. The Hall–Kier alpha value is -2.55. The van der Waals surface area contributed by atoms with Crippen LogP contribution in [0.1, 0.15) is 20.8 Å².